The summed E-state index contributed by atoms with van der Waals surface area (Å²) >= 11 is 6.25. The van der Waals surface area contributed by atoms with E-state index in [4.69, 9.17) is 11.6 Å². The number of hydrogen-bond donors (Lipinski definition) is 2. The molecule has 1 aromatic rings. The fourth-order valence-corrected chi connectivity index (χ4v) is 5.10. The highest BCUT2D eigenvalue weighted by atomic mass is 35.5. The Bertz CT molecular complexity index is 834. The zero-order valence-corrected chi connectivity index (χ0v) is 16.1. The van der Waals surface area contributed by atoms with Crippen LogP contribution in [0.3, 0.4) is 0 Å². The molecule has 1 aliphatic carbocycles. The first-order chi connectivity index (χ1) is 12.3. The predicted octanol–water partition coefficient (Wildman–Crippen LogP) is 1.66. The Morgan fingerprint density at radius 2 is 1.88 bits per heavy atom. The molecule has 142 valence electrons. The van der Waals surface area contributed by atoms with Crippen molar-refractivity contribution >= 4 is 39.1 Å². The van der Waals surface area contributed by atoms with Crippen molar-refractivity contribution in [3.8, 4) is 0 Å². The minimum absolute atomic E-state index is 0.00275. The minimum atomic E-state index is -3.71. The van der Waals surface area contributed by atoms with Crippen LogP contribution in [0.5, 0.6) is 0 Å². The second kappa shape index (κ2) is 7.26. The van der Waals surface area contributed by atoms with Gasteiger partial charge in [0.25, 0.3) is 0 Å². The van der Waals surface area contributed by atoms with Crippen molar-refractivity contribution in [2.24, 2.45) is 5.41 Å². The van der Waals surface area contributed by atoms with Crippen LogP contribution in [0, 0.1) is 5.41 Å². The molecule has 1 saturated heterocycles. The molecule has 0 unspecified atom stereocenters. The summed E-state index contributed by atoms with van der Waals surface area (Å²) in [5.74, 6) is -0.494. The van der Waals surface area contributed by atoms with E-state index >= 15 is 0 Å². The molecule has 2 fully saturated rings. The van der Waals surface area contributed by atoms with Gasteiger partial charge in [-0.05, 0) is 38.1 Å². The average molecular weight is 400 g/mol. The van der Waals surface area contributed by atoms with Crippen molar-refractivity contribution in [3.05, 3.63) is 23.2 Å². The lowest BCUT2D eigenvalue weighted by Crippen LogP contribution is -2.34. The molecule has 1 aliphatic heterocycles. The number of halogens is 1. The lowest BCUT2D eigenvalue weighted by atomic mass is 9.84. The van der Waals surface area contributed by atoms with Gasteiger partial charge in [0.15, 0.2) is 0 Å². The van der Waals surface area contributed by atoms with Crippen LogP contribution in [0.1, 0.15) is 32.1 Å². The van der Waals surface area contributed by atoms with Crippen molar-refractivity contribution in [3.63, 3.8) is 0 Å². The first-order valence-corrected chi connectivity index (χ1v) is 10.5. The highest BCUT2D eigenvalue weighted by Gasteiger charge is 2.53. The number of sulfonamides is 1. The highest BCUT2D eigenvalue weighted by Crippen LogP contribution is 2.48. The SMILES string of the molecule is CNCCNS(=O)(=O)c1ccc(N2C(=O)CC3(CCCC3)C2=O)c(Cl)c1. The van der Waals surface area contributed by atoms with Gasteiger partial charge in [0.1, 0.15) is 0 Å². The molecule has 26 heavy (non-hydrogen) atoms. The van der Waals surface area contributed by atoms with Crippen molar-refractivity contribution in [1.82, 2.24) is 10.0 Å². The normalized spacial score (nSPS) is 19.7. The average Bonchev–Trinajstić information content (AvgIpc) is 3.14. The largest absolute Gasteiger partial charge is 0.318 e. The molecule has 2 amide bonds. The number of hydrogen-bond acceptors (Lipinski definition) is 5. The van der Waals surface area contributed by atoms with E-state index in [9.17, 15) is 18.0 Å². The van der Waals surface area contributed by atoms with Gasteiger partial charge >= 0.3 is 0 Å². The zero-order chi connectivity index (χ0) is 18.9. The molecule has 0 bridgehead atoms. The first kappa shape index (κ1) is 19.3. The van der Waals surface area contributed by atoms with Gasteiger partial charge in [-0.2, -0.15) is 0 Å². The Morgan fingerprint density at radius 3 is 2.50 bits per heavy atom. The summed E-state index contributed by atoms with van der Waals surface area (Å²) in [5.41, 5.74) is -0.348. The summed E-state index contributed by atoms with van der Waals surface area (Å²) in [5, 5.41) is 2.92. The summed E-state index contributed by atoms with van der Waals surface area (Å²) in [4.78, 5) is 26.4. The number of imide groups is 1. The molecule has 1 saturated carbocycles. The molecule has 1 aromatic carbocycles. The molecule has 0 aromatic heterocycles. The fraction of sp³-hybridized carbons (Fsp3) is 0.529. The lowest BCUT2D eigenvalue weighted by Gasteiger charge is -2.21. The van der Waals surface area contributed by atoms with Gasteiger partial charge in [-0.3, -0.25) is 9.59 Å². The molecule has 2 N–H and O–H groups in total. The standard InChI is InChI=1S/C17H22ClN3O4S/c1-19-8-9-20-26(24,25)12-4-5-14(13(18)10-12)21-15(22)11-17(16(21)23)6-2-3-7-17/h4-5,10,19-20H,2-3,6-9,11H2,1H3. The van der Waals surface area contributed by atoms with Crippen LogP contribution in [0.15, 0.2) is 23.1 Å². The van der Waals surface area contributed by atoms with Crippen molar-refractivity contribution in [1.29, 1.82) is 0 Å². The Morgan fingerprint density at radius 1 is 1.19 bits per heavy atom. The van der Waals surface area contributed by atoms with Gasteiger partial charge < -0.3 is 5.32 Å². The van der Waals surface area contributed by atoms with Crippen LogP contribution in [-0.4, -0.2) is 40.4 Å². The maximum absolute atomic E-state index is 12.9. The Balaban J connectivity index is 1.86. The second-order valence-electron chi connectivity index (χ2n) is 6.81. The third-order valence-electron chi connectivity index (χ3n) is 5.09. The number of rotatable bonds is 6. The van der Waals surface area contributed by atoms with E-state index in [1.165, 1.54) is 18.2 Å². The molecule has 1 spiro atoms. The van der Waals surface area contributed by atoms with E-state index in [0.717, 1.165) is 17.7 Å². The molecule has 3 rings (SSSR count). The number of nitrogens with one attached hydrogen (secondary N) is 2. The predicted molar refractivity (Wildman–Crippen MR) is 98.6 cm³/mol. The number of benzene rings is 1. The van der Waals surface area contributed by atoms with E-state index in [2.05, 4.69) is 10.0 Å². The van der Waals surface area contributed by atoms with Crippen molar-refractivity contribution < 1.29 is 18.0 Å². The number of carbonyl (C=O) groups is 2. The van der Waals surface area contributed by atoms with Crippen LogP contribution >= 0.6 is 11.6 Å². The Kier molecular flexibility index (Phi) is 5.39. The van der Waals surface area contributed by atoms with Gasteiger partial charge in [-0.1, -0.05) is 24.4 Å². The van der Waals surface area contributed by atoms with Crippen LogP contribution < -0.4 is 14.9 Å². The van der Waals surface area contributed by atoms with Gasteiger partial charge in [-0.15, -0.1) is 0 Å². The topological polar surface area (TPSA) is 95.6 Å². The maximum Gasteiger partial charge on any atom is 0.240 e. The van der Waals surface area contributed by atoms with Crippen LogP contribution in [-0.2, 0) is 19.6 Å². The third kappa shape index (κ3) is 3.38. The van der Waals surface area contributed by atoms with Gasteiger partial charge in [0.2, 0.25) is 21.8 Å². The van der Waals surface area contributed by atoms with E-state index in [1.54, 1.807) is 7.05 Å². The molecule has 0 radical (unpaired) electrons. The van der Waals surface area contributed by atoms with Crippen molar-refractivity contribution in [2.75, 3.05) is 25.0 Å². The smallest absolute Gasteiger partial charge is 0.240 e. The monoisotopic (exact) mass is 399 g/mol. The van der Waals surface area contributed by atoms with E-state index < -0.39 is 15.4 Å². The molecule has 0 atom stereocenters. The molecular formula is C17H22ClN3O4S. The third-order valence-corrected chi connectivity index (χ3v) is 6.86. The summed E-state index contributed by atoms with van der Waals surface area (Å²) in [7, 11) is -1.98. The minimum Gasteiger partial charge on any atom is -0.318 e. The van der Waals surface area contributed by atoms with Crippen LogP contribution in [0.2, 0.25) is 5.02 Å². The van der Waals surface area contributed by atoms with Crippen molar-refractivity contribution in [2.45, 2.75) is 37.0 Å². The summed E-state index contributed by atoms with van der Waals surface area (Å²) in [6.45, 7) is 0.730. The number of nitrogens with zero attached hydrogens (tertiary/aromatic N) is 1. The summed E-state index contributed by atoms with van der Waals surface area (Å²) in [6.07, 6.45) is 3.51. The molecule has 2 aliphatic rings. The number of anilines is 1. The maximum atomic E-state index is 12.9. The second-order valence-corrected chi connectivity index (χ2v) is 8.99. The van der Waals surface area contributed by atoms with E-state index in [0.29, 0.717) is 19.4 Å². The molecule has 9 heteroatoms. The lowest BCUT2D eigenvalue weighted by molar-refractivity contribution is -0.125. The van der Waals surface area contributed by atoms with Gasteiger partial charge in [0.05, 0.1) is 21.0 Å². The van der Waals surface area contributed by atoms with E-state index in [-0.39, 0.29) is 40.4 Å². The Labute approximate surface area is 158 Å². The Hall–Kier alpha value is -1.48. The zero-order valence-electron chi connectivity index (χ0n) is 14.5. The fourth-order valence-electron chi connectivity index (χ4n) is 3.71. The van der Waals surface area contributed by atoms with Gasteiger partial charge in [-0.25, -0.2) is 18.0 Å². The van der Waals surface area contributed by atoms with Crippen LogP contribution in [0.25, 0.3) is 0 Å². The molecule has 7 nitrogen and oxygen atoms in total. The number of carbonyl (C=O) groups excluding carboxylic acids is 2. The summed E-state index contributed by atoms with van der Waals surface area (Å²) in [6, 6.07) is 4.07. The first-order valence-electron chi connectivity index (χ1n) is 8.62. The number of likely N-dealkylation sites (N-methyl/N-ethyl adjacent to an activating group) is 1. The molecule has 1 heterocycles. The van der Waals surface area contributed by atoms with Crippen LogP contribution in [0.4, 0.5) is 5.69 Å². The quantitative estimate of drug-likeness (QED) is 0.560. The van der Waals surface area contributed by atoms with Gasteiger partial charge in [0, 0.05) is 19.5 Å². The number of amides is 2. The molecular weight excluding hydrogens is 378 g/mol. The van der Waals surface area contributed by atoms with E-state index in [1.807, 2.05) is 0 Å². The summed E-state index contributed by atoms with van der Waals surface area (Å²) < 4.78 is 27.0. The highest BCUT2D eigenvalue weighted by molar-refractivity contribution is 7.89.